The second-order valence-corrected chi connectivity index (χ2v) is 3.75. The van der Waals surface area contributed by atoms with Crippen molar-refractivity contribution in [1.29, 1.82) is 0 Å². The van der Waals surface area contributed by atoms with E-state index in [1.807, 2.05) is 0 Å². The molecule has 0 amide bonds. The first-order valence-corrected chi connectivity index (χ1v) is 5.17. The van der Waals surface area contributed by atoms with Crippen molar-refractivity contribution in [1.82, 2.24) is 10.2 Å². The van der Waals surface area contributed by atoms with Gasteiger partial charge in [-0.2, -0.15) is 0 Å². The zero-order valence-electron chi connectivity index (χ0n) is 8.68. The minimum Gasteiger partial charge on any atom is -0.316 e. The molecule has 1 saturated heterocycles. The molecule has 0 radical (unpaired) electrons. The molecule has 13 heavy (non-hydrogen) atoms. The van der Waals surface area contributed by atoms with Gasteiger partial charge in [-0.05, 0) is 26.4 Å². The van der Waals surface area contributed by atoms with Gasteiger partial charge in [-0.3, -0.25) is 4.79 Å². The van der Waals surface area contributed by atoms with Crippen LogP contribution in [0.3, 0.4) is 0 Å². The normalized spacial score (nSPS) is 23.7. The predicted molar refractivity (Wildman–Crippen MR) is 53.8 cm³/mol. The van der Waals surface area contributed by atoms with Gasteiger partial charge < -0.3 is 10.2 Å². The SMILES string of the molecule is CCNCCN1CCC(C(C)=O)C1. The van der Waals surface area contributed by atoms with E-state index in [1.54, 1.807) is 6.92 Å². The molecule has 1 heterocycles. The smallest absolute Gasteiger partial charge is 0.134 e. The van der Waals surface area contributed by atoms with E-state index in [0.29, 0.717) is 11.7 Å². The quantitative estimate of drug-likeness (QED) is 0.632. The summed E-state index contributed by atoms with van der Waals surface area (Å²) in [5.41, 5.74) is 0. The molecule has 0 spiro atoms. The van der Waals surface area contributed by atoms with Gasteiger partial charge in [0, 0.05) is 25.6 Å². The van der Waals surface area contributed by atoms with Crippen molar-refractivity contribution in [2.24, 2.45) is 5.92 Å². The number of likely N-dealkylation sites (N-methyl/N-ethyl adjacent to an activating group) is 1. The van der Waals surface area contributed by atoms with E-state index in [0.717, 1.165) is 39.1 Å². The zero-order valence-corrected chi connectivity index (χ0v) is 8.68. The molecule has 1 atom stereocenters. The summed E-state index contributed by atoms with van der Waals surface area (Å²) < 4.78 is 0. The Morgan fingerprint density at radius 1 is 1.62 bits per heavy atom. The van der Waals surface area contributed by atoms with E-state index in [-0.39, 0.29) is 0 Å². The van der Waals surface area contributed by atoms with E-state index >= 15 is 0 Å². The van der Waals surface area contributed by atoms with E-state index in [1.165, 1.54) is 0 Å². The third-order valence-electron chi connectivity index (χ3n) is 2.70. The lowest BCUT2D eigenvalue weighted by atomic mass is 10.1. The number of carbonyl (C=O) groups is 1. The minimum atomic E-state index is 0.307. The fraction of sp³-hybridized carbons (Fsp3) is 0.900. The Balaban J connectivity index is 2.14. The van der Waals surface area contributed by atoms with Crippen LogP contribution in [0.1, 0.15) is 20.3 Å². The highest BCUT2D eigenvalue weighted by Gasteiger charge is 2.24. The number of Topliss-reactive ketones (excluding diaryl/α,β-unsaturated/α-hetero) is 1. The highest BCUT2D eigenvalue weighted by Crippen LogP contribution is 2.15. The summed E-state index contributed by atoms with van der Waals surface area (Å²) in [6.07, 6.45) is 1.06. The van der Waals surface area contributed by atoms with Crippen molar-refractivity contribution < 1.29 is 4.79 Å². The highest BCUT2D eigenvalue weighted by atomic mass is 16.1. The summed E-state index contributed by atoms with van der Waals surface area (Å²) >= 11 is 0. The van der Waals surface area contributed by atoms with Gasteiger partial charge in [0.1, 0.15) is 5.78 Å². The molecule has 0 aromatic rings. The second kappa shape index (κ2) is 5.35. The minimum absolute atomic E-state index is 0.307. The summed E-state index contributed by atoms with van der Waals surface area (Å²) in [5.74, 6) is 0.660. The molecule has 1 aliphatic rings. The molecular formula is C10H20N2O. The zero-order chi connectivity index (χ0) is 9.68. The van der Waals surface area contributed by atoms with Gasteiger partial charge in [-0.25, -0.2) is 0 Å². The van der Waals surface area contributed by atoms with Crippen molar-refractivity contribution in [3.8, 4) is 0 Å². The first kappa shape index (κ1) is 10.7. The first-order chi connectivity index (χ1) is 6.24. The van der Waals surface area contributed by atoms with Gasteiger partial charge in [0.15, 0.2) is 0 Å². The Hall–Kier alpha value is -0.410. The van der Waals surface area contributed by atoms with Crippen molar-refractivity contribution in [2.45, 2.75) is 20.3 Å². The first-order valence-electron chi connectivity index (χ1n) is 5.17. The fourth-order valence-electron chi connectivity index (χ4n) is 1.78. The molecule has 0 aromatic carbocycles. The topological polar surface area (TPSA) is 32.3 Å². The maximum Gasteiger partial charge on any atom is 0.134 e. The molecule has 3 nitrogen and oxygen atoms in total. The number of hydrogen-bond acceptors (Lipinski definition) is 3. The number of nitrogens with zero attached hydrogens (tertiary/aromatic N) is 1. The maximum absolute atomic E-state index is 11.1. The third-order valence-corrected chi connectivity index (χ3v) is 2.70. The lowest BCUT2D eigenvalue weighted by Gasteiger charge is -2.14. The third kappa shape index (κ3) is 3.44. The molecule has 0 aliphatic carbocycles. The van der Waals surface area contributed by atoms with E-state index in [4.69, 9.17) is 0 Å². The molecule has 1 aliphatic heterocycles. The number of carbonyl (C=O) groups excluding carboxylic acids is 1. The van der Waals surface area contributed by atoms with Crippen molar-refractivity contribution in [2.75, 3.05) is 32.7 Å². The van der Waals surface area contributed by atoms with E-state index in [9.17, 15) is 4.79 Å². The van der Waals surface area contributed by atoms with Crippen LogP contribution in [0.25, 0.3) is 0 Å². The van der Waals surface area contributed by atoms with Gasteiger partial charge >= 0.3 is 0 Å². The van der Waals surface area contributed by atoms with Crippen LogP contribution in [0.15, 0.2) is 0 Å². The Morgan fingerprint density at radius 3 is 2.92 bits per heavy atom. The highest BCUT2D eigenvalue weighted by molar-refractivity contribution is 5.78. The lowest BCUT2D eigenvalue weighted by Crippen LogP contribution is -2.31. The van der Waals surface area contributed by atoms with E-state index in [2.05, 4.69) is 17.1 Å². The number of ketones is 1. The lowest BCUT2D eigenvalue weighted by molar-refractivity contribution is -0.120. The van der Waals surface area contributed by atoms with Crippen molar-refractivity contribution in [3.63, 3.8) is 0 Å². The second-order valence-electron chi connectivity index (χ2n) is 3.75. The van der Waals surface area contributed by atoms with Crippen LogP contribution in [0.4, 0.5) is 0 Å². The molecule has 1 fully saturated rings. The molecular weight excluding hydrogens is 164 g/mol. The number of hydrogen-bond donors (Lipinski definition) is 1. The average Bonchev–Trinajstić information content (AvgIpc) is 2.53. The fourth-order valence-corrected chi connectivity index (χ4v) is 1.78. The molecule has 1 N–H and O–H groups in total. The number of rotatable bonds is 5. The van der Waals surface area contributed by atoms with Crippen LogP contribution < -0.4 is 5.32 Å². The molecule has 0 bridgehead atoms. The Kier molecular flexibility index (Phi) is 4.39. The predicted octanol–water partition coefficient (Wildman–Crippen LogP) is 0.507. The van der Waals surface area contributed by atoms with Crippen LogP contribution in [0.5, 0.6) is 0 Å². The Labute approximate surface area is 80.5 Å². The van der Waals surface area contributed by atoms with Gasteiger partial charge in [-0.1, -0.05) is 6.92 Å². The van der Waals surface area contributed by atoms with Gasteiger partial charge in [0.2, 0.25) is 0 Å². The standard InChI is InChI=1S/C10H20N2O/c1-3-11-5-7-12-6-4-10(8-12)9(2)13/h10-11H,3-8H2,1-2H3. The number of likely N-dealkylation sites (tertiary alicyclic amines) is 1. The van der Waals surface area contributed by atoms with Crippen LogP contribution in [0.2, 0.25) is 0 Å². The van der Waals surface area contributed by atoms with Crippen LogP contribution in [-0.4, -0.2) is 43.4 Å². The van der Waals surface area contributed by atoms with E-state index < -0.39 is 0 Å². The molecule has 0 aromatic heterocycles. The summed E-state index contributed by atoms with van der Waals surface area (Å²) in [6.45, 7) is 9.04. The van der Waals surface area contributed by atoms with Gasteiger partial charge in [0.25, 0.3) is 0 Å². The monoisotopic (exact) mass is 184 g/mol. The summed E-state index contributed by atoms with van der Waals surface area (Å²) in [4.78, 5) is 13.4. The Morgan fingerprint density at radius 2 is 2.38 bits per heavy atom. The molecule has 76 valence electrons. The maximum atomic E-state index is 11.1. The van der Waals surface area contributed by atoms with Crippen LogP contribution in [0, 0.1) is 5.92 Å². The molecule has 0 saturated carbocycles. The summed E-state index contributed by atoms with van der Waals surface area (Å²) in [6, 6.07) is 0. The largest absolute Gasteiger partial charge is 0.316 e. The van der Waals surface area contributed by atoms with Crippen LogP contribution >= 0.6 is 0 Å². The van der Waals surface area contributed by atoms with Gasteiger partial charge in [0.05, 0.1) is 0 Å². The summed E-state index contributed by atoms with van der Waals surface area (Å²) in [7, 11) is 0. The molecule has 1 rings (SSSR count). The van der Waals surface area contributed by atoms with Crippen molar-refractivity contribution in [3.05, 3.63) is 0 Å². The molecule has 1 unspecified atom stereocenters. The average molecular weight is 184 g/mol. The number of nitrogens with one attached hydrogen (secondary N) is 1. The van der Waals surface area contributed by atoms with Gasteiger partial charge in [-0.15, -0.1) is 0 Å². The molecule has 3 heteroatoms. The summed E-state index contributed by atoms with van der Waals surface area (Å²) in [5, 5.41) is 3.29. The van der Waals surface area contributed by atoms with Crippen LogP contribution in [-0.2, 0) is 4.79 Å². The van der Waals surface area contributed by atoms with Crippen molar-refractivity contribution >= 4 is 5.78 Å². The Bertz CT molecular complexity index is 170.